The summed E-state index contributed by atoms with van der Waals surface area (Å²) in [6.45, 7) is 2.53. The Morgan fingerprint density at radius 2 is 1.57 bits per heavy atom. The van der Waals surface area contributed by atoms with Crippen LogP contribution in [0.25, 0.3) is 5.70 Å². The molecule has 154 valence electrons. The van der Waals surface area contributed by atoms with Crippen molar-refractivity contribution < 1.29 is 24.2 Å². The smallest absolute Gasteiger partial charge is 0.335 e. The van der Waals surface area contributed by atoms with Gasteiger partial charge < -0.3 is 14.6 Å². The lowest BCUT2D eigenvalue weighted by Gasteiger charge is -2.13. The number of rotatable bonds is 10. The van der Waals surface area contributed by atoms with Crippen molar-refractivity contribution in [1.29, 1.82) is 0 Å². The molecule has 0 aliphatic rings. The summed E-state index contributed by atoms with van der Waals surface area (Å²) >= 11 is 0. The second-order valence-corrected chi connectivity index (χ2v) is 6.38. The molecule has 0 aliphatic heterocycles. The monoisotopic (exact) mass is 405 g/mol. The van der Waals surface area contributed by atoms with Crippen LogP contribution >= 0.6 is 0 Å². The number of benzene rings is 3. The summed E-state index contributed by atoms with van der Waals surface area (Å²) in [5, 5.41) is 9.14. The lowest BCUT2D eigenvalue weighted by atomic mass is 10.1. The first-order valence-corrected chi connectivity index (χ1v) is 9.57. The minimum Gasteiger partial charge on any atom is -0.478 e. The van der Waals surface area contributed by atoms with Gasteiger partial charge in [-0.15, -0.1) is 0 Å². The van der Waals surface area contributed by atoms with Crippen molar-refractivity contribution in [2.75, 3.05) is 6.61 Å². The van der Waals surface area contributed by atoms with Gasteiger partial charge in [-0.1, -0.05) is 43.3 Å². The maximum atomic E-state index is 11.2. The zero-order valence-corrected chi connectivity index (χ0v) is 16.6. The molecule has 0 heterocycles. The number of carboxylic acid groups (broad SMARTS) is 1. The van der Waals surface area contributed by atoms with Gasteiger partial charge >= 0.3 is 5.97 Å². The lowest BCUT2D eigenvalue weighted by Crippen LogP contribution is -2.14. The highest BCUT2D eigenvalue weighted by atomic mass is 16.6. The molecule has 2 N–H and O–H groups in total. The molecule has 0 amide bonds. The average molecular weight is 405 g/mol. The van der Waals surface area contributed by atoms with Crippen molar-refractivity contribution in [3.63, 3.8) is 0 Å². The molecule has 3 rings (SSSR count). The van der Waals surface area contributed by atoms with E-state index in [1.807, 2.05) is 61.5 Å². The fourth-order valence-electron chi connectivity index (χ4n) is 2.56. The van der Waals surface area contributed by atoms with Gasteiger partial charge in [0, 0.05) is 5.56 Å². The molecule has 0 radical (unpaired) electrons. The quantitative estimate of drug-likeness (QED) is 0.264. The molecule has 0 saturated heterocycles. The second-order valence-electron chi connectivity index (χ2n) is 6.38. The van der Waals surface area contributed by atoms with Gasteiger partial charge in [0.25, 0.3) is 0 Å². The standard InChI is InChI=1S/C24H23NO5/c1-2-14-29-25-23(17-28-21-12-7-9-19(16-21)24(26)27)18-8-6-13-22(15-18)30-20-10-4-3-5-11-20/h3-13,15-17,25H,2,14H2,1H3,(H,26,27). The van der Waals surface area contributed by atoms with Gasteiger partial charge in [-0.2, -0.15) is 0 Å². The van der Waals surface area contributed by atoms with Crippen molar-refractivity contribution in [3.05, 3.63) is 96.3 Å². The third kappa shape index (κ3) is 6.12. The zero-order chi connectivity index (χ0) is 21.2. The summed E-state index contributed by atoms with van der Waals surface area (Å²) in [4.78, 5) is 16.6. The van der Waals surface area contributed by atoms with Crippen LogP contribution in [0.5, 0.6) is 17.2 Å². The van der Waals surface area contributed by atoms with E-state index in [2.05, 4.69) is 5.48 Å². The number of carboxylic acids is 1. The number of hydrogen-bond donors (Lipinski definition) is 2. The SMILES string of the molecule is CCCONC(=COc1cccc(C(=O)O)c1)c1cccc(Oc2ccccc2)c1. The van der Waals surface area contributed by atoms with Crippen LogP contribution in [-0.2, 0) is 4.84 Å². The van der Waals surface area contributed by atoms with Crippen LogP contribution in [0.15, 0.2) is 85.1 Å². The second kappa shape index (κ2) is 10.7. The molecule has 0 aliphatic carbocycles. The van der Waals surface area contributed by atoms with E-state index in [0.717, 1.165) is 17.7 Å². The molecule has 0 bridgehead atoms. The van der Waals surface area contributed by atoms with Crippen molar-refractivity contribution >= 4 is 11.7 Å². The van der Waals surface area contributed by atoms with Crippen LogP contribution in [-0.4, -0.2) is 17.7 Å². The number of hydrogen-bond acceptors (Lipinski definition) is 5. The predicted octanol–water partition coefficient (Wildman–Crippen LogP) is 5.49. The van der Waals surface area contributed by atoms with E-state index in [-0.39, 0.29) is 5.56 Å². The third-order valence-corrected chi connectivity index (χ3v) is 4.01. The Hall–Kier alpha value is -3.77. The van der Waals surface area contributed by atoms with Gasteiger partial charge in [0.05, 0.1) is 12.2 Å². The van der Waals surface area contributed by atoms with Gasteiger partial charge in [-0.05, 0) is 48.9 Å². The van der Waals surface area contributed by atoms with Gasteiger partial charge in [0.15, 0.2) is 0 Å². The Bertz CT molecular complexity index is 1000. The summed E-state index contributed by atoms with van der Waals surface area (Å²) in [6, 6.07) is 23.3. The lowest BCUT2D eigenvalue weighted by molar-refractivity contribution is 0.0696. The molecule has 0 saturated carbocycles. The summed E-state index contributed by atoms with van der Waals surface area (Å²) in [6.07, 6.45) is 2.33. The molecule has 3 aromatic rings. The van der Waals surface area contributed by atoms with Gasteiger partial charge in [-0.3, -0.25) is 10.3 Å². The Morgan fingerprint density at radius 1 is 0.900 bits per heavy atom. The topological polar surface area (TPSA) is 77.0 Å². The predicted molar refractivity (Wildman–Crippen MR) is 114 cm³/mol. The Balaban J connectivity index is 1.82. The summed E-state index contributed by atoms with van der Waals surface area (Å²) in [5.41, 5.74) is 4.41. The van der Waals surface area contributed by atoms with Crippen molar-refractivity contribution in [3.8, 4) is 17.2 Å². The van der Waals surface area contributed by atoms with Gasteiger partial charge in [-0.25, -0.2) is 4.79 Å². The number of carbonyl (C=O) groups is 1. The number of para-hydroxylation sites is 1. The van der Waals surface area contributed by atoms with Crippen LogP contribution in [0.4, 0.5) is 0 Å². The van der Waals surface area contributed by atoms with Crippen molar-refractivity contribution in [2.24, 2.45) is 0 Å². The van der Waals surface area contributed by atoms with Crippen molar-refractivity contribution in [1.82, 2.24) is 5.48 Å². The first-order valence-electron chi connectivity index (χ1n) is 9.57. The number of aromatic carboxylic acids is 1. The molecule has 3 aromatic carbocycles. The fourth-order valence-corrected chi connectivity index (χ4v) is 2.56. The molecule has 0 spiro atoms. The maximum absolute atomic E-state index is 11.2. The van der Waals surface area contributed by atoms with E-state index in [0.29, 0.717) is 23.8 Å². The van der Waals surface area contributed by atoms with E-state index >= 15 is 0 Å². The van der Waals surface area contributed by atoms with Crippen LogP contribution in [0.3, 0.4) is 0 Å². The number of ether oxygens (including phenoxy) is 2. The van der Waals surface area contributed by atoms with E-state index < -0.39 is 5.97 Å². The van der Waals surface area contributed by atoms with Crippen LogP contribution in [0, 0.1) is 0 Å². The van der Waals surface area contributed by atoms with E-state index in [4.69, 9.17) is 19.4 Å². The molecular weight excluding hydrogens is 382 g/mol. The minimum absolute atomic E-state index is 0.149. The average Bonchev–Trinajstić information content (AvgIpc) is 2.77. The molecule has 0 fully saturated rings. The van der Waals surface area contributed by atoms with E-state index in [9.17, 15) is 4.79 Å². The Morgan fingerprint density at radius 3 is 2.30 bits per heavy atom. The molecule has 0 aromatic heterocycles. The summed E-state index contributed by atoms with van der Waals surface area (Å²) < 4.78 is 11.6. The Kier molecular flexibility index (Phi) is 7.46. The first kappa shape index (κ1) is 21.0. The third-order valence-electron chi connectivity index (χ3n) is 4.01. The van der Waals surface area contributed by atoms with Crippen LogP contribution < -0.4 is 15.0 Å². The highest BCUT2D eigenvalue weighted by Gasteiger charge is 2.07. The molecule has 0 atom stereocenters. The van der Waals surface area contributed by atoms with Gasteiger partial charge in [0.1, 0.15) is 29.2 Å². The molecule has 0 unspecified atom stereocenters. The molecular formula is C24H23NO5. The molecule has 30 heavy (non-hydrogen) atoms. The fraction of sp³-hybridized carbons (Fsp3) is 0.125. The minimum atomic E-state index is -1.01. The highest BCUT2D eigenvalue weighted by molar-refractivity contribution is 5.88. The maximum Gasteiger partial charge on any atom is 0.335 e. The summed E-state index contributed by atoms with van der Waals surface area (Å²) in [5.74, 6) is 0.785. The first-order chi connectivity index (χ1) is 14.7. The number of nitrogens with one attached hydrogen (secondary N) is 1. The Labute approximate surface area is 175 Å². The zero-order valence-electron chi connectivity index (χ0n) is 16.6. The van der Waals surface area contributed by atoms with Gasteiger partial charge in [0.2, 0.25) is 0 Å². The summed E-state index contributed by atoms with van der Waals surface area (Å²) in [7, 11) is 0. The van der Waals surface area contributed by atoms with Crippen molar-refractivity contribution in [2.45, 2.75) is 13.3 Å². The van der Waals surface area contributed by atoms with E-state index in [1.165, 1.54) is 18.4 Å². The van der Waals surface area contributed by atoms with Crippen LogP contribution in [0.2, 0.25) is 0 Å². The largest absolute Gasteiger partial charge is 0.478 e. The van der Waals surface area contributed by atoms with E-state index in [1.54, 1.807) is 12.1 Å². The number of hydroxylamine groups is 1. The molecule has 6 nitrogen and oxygen atoms in total. The highest BCUT2D eigenvalue weighted by Crippen LogP contribution is 2.25. The van der Waals surface area contributed by atoms with Crippen LogP contribution in [0.1, 0.15) is 29.3 Å². The normalized spacial score (nSPS) is 11.0. The molecule has 6 heteroatoms.